The molecule has 0 aromatic carbocycles. The summed E-state index contributed by atoms with van der Waals surface area (Å²) in [6, 6.07) is 3.24. The Morgan fingerprint density at radius 3 is 2.57 bits per heavy atom. The van der Waals surface area contributed by atoms with Crippen LogP contribution in [0.5, 0.6) is 5.88 Å². The highest BCUT2D eigenvalue weighted by atomic mass is 32.2. The van der Waals surface area contributed by atoms with Gasteiger partial charge in [-0.1, -0.05) is 11.8 Å². The van der Waals surface area contributed by atoms with Crippen molar-refractivity contribution in [1.29, 1.82) is 0 Å². The maximum Gasteiger partial charge on any atom is 0.289 e. The van der Waals surface area contributed by atoms with E-state index in [-0.39, 0.29) is 28.8 Å². The molecule has 0 unspecified atom stereocenters. The van der Waals surface area contributed by atoms with Crippen molar-refractivity contribution in [2.45, 2.75) is 18.9 Å². The zero-order valence-electron chi connectivity index (χ0n) is 12.7. The highest BCUT2D eigenvalue weighted by Gasteiger charge is 2.38. The molecule has 1 aromatic heterocycles. The van der Waals surface area contributed by atoms with Crippen LogP contribution in [0.3, 0.4) is 0 Å². The first-order valence-corrected chi connectivity index (χ1v) is 8.37. The fourth-order valence-corrected chi connectivity index (χ4v) is 3.63. The third-order valence-corrected chi connectivity index (χ3v) is 4.93. The van der Waals surface area contributed by atoms with Crippen molar-refractivity contribution in [3.8, 4) is 5.88 Å². The summed E-state index contributed by atoms with van der Waals surface area (Å²) in [6.07, 6.45) is 2.73. The molecular formula is C15H17N3O4S. The zero-order valence-corrected chi connectivity index (χ0v) is 13.5. The van der Waals surface area contributed by atoms with E-state index in [1.807, 2.05) is 0 Å². The minimum atomic E-state index is -0.167. The van der Waals surface area contributed by atoms with Gasteiger partial charge in [0.15, 0.2) is 0 Å². The van der Waals surface area contributed by atoms with Gasteiger partial charge >= 0.3 is 0 Å². The summed E-state index contributed by atoms with van der Waals surface area (Å²) < 4.78 is 4.98. The standard InChI is InChI=1S/C15H17N3O4S/c1-22-12-3-2-10(8-16-12)14(20)17-6-4-11(5-7-17)18-13(19)9-23-15(18)21/h2-3,8,11H,4-7,9H2,1H3. The van der Waals surface area contributed by atoms with Crippen LogP contribution in [0.4, 0.5) is 4.79 Å². The molecule has 2 aliphatic heterocycles. The lowest BCUT2D eigenvalue weighted by molar-refractivity contribution is -0.126. The second-order valence-electron chi connectivity index (χ2n) is 5.43. The number of carbonyl (C=O) groups is 3. The highest BCUT2D eigenvalue weighted by Crippen LogP contribution is 2.27. The molecule has 0 saturated carbocycles. The van der Waals surface area contributed by atoms with Crippen LogP contribution >= 0.6 is 11.8 Å². The number of rotatable bonds is 3. The molecule has 3 rings (SSSR count). The first kappa shape index (κ1) is 15.8. The number of aromatic nitrogens is 1. The monoisotopic (exact) mass is 335 g/mol. The van der Waals surface area contributed by atoms with Crippen molar-refractivity contribution >= 4 is 28.8 Å². The van der Waals surface area contributed by atoms with E-state index in [9.17, 15) is 14.4 Å². The maximum atomic E-state index is 12.4. The largest absolute Gasteiger partial charge is 0.481 e. The number of methoxy groups -OCH3 is 1. The van der Waals surface area contributed by atoms with E-state index in [0.717, 1.165) is 11.8 Å². The van der Waals surface area contributed by atoms with Crippen molar-refractivity contribution in [3.05, 3.63) is 23.9 Å². The second-order valence-corrected chi connectivity index (χ2v) is 6.36. The van der Waals surface area contributed by atoms with Crippen LogP contribution in [-0.2, 0) is 4.79 Å². The third-order valence-electron chi connectivity index (χ3n) is 4.09. The van der Waals surface area contributed by atoms with Crippen molar-refractivity contribution in [2.24, 2.45) is 0 Å². The van der Waals surface area contributed by atoms with Gasteiger partial charge in [0.05, 0.1) is 18.4 Å². The molecule has 122 valence electrons. The molecule has 7 nitrogen and oxygen atoms in total. The fourth-order valence-electron chi connectivity index (χ4n) is 2.85. The number of hydrogen-bond acceptors (Lipinski definition) is 6. The number of carbonyl (C=O) groups excluding carboxylic acids is 3. The molecule has 0 aliphatic carbocycles. The molecule has 0 radical (unpaired) electrons. The van der Waals surface area contributed by atoms with E-state index in [2.05, 4.69) is 4.98 Å². The lowest BCUT2D eigenvalue weighted by Crippen LogP contribution is -2.48. The van der Waals surface area contributed by atoms with Crippen LogP contribution in [0, 0.1) is 0 Å². The zero-order chi connectivity index (χ0) is 16.4. The van der Waals surface area contributed by atoms with Crippen molar-refractivity contribution in [2.75, 3.05) is 26.0 Å². The molecule has 3 amide bonds. The Morgan fingerprint density at radius 1 is 1.30 bits per heavy atom. The molecule has 3 heterocycles. The van der Waals surface area contributed by atoms with Gasteiger partial charge in [-0.2, -0.15) is 0 Å². The molecule has 2 saturated heterocycles. The van der Waals surface area contributed by atoms with Crippen LogP contribution in [0.15, 0.2) is 18.3 Å². The molecule has 0 atom stereocenters. The van der Waals surface area contributed by atoms with Crippen LogP contribution < -0.4 is 4.74 Å². The predicted octanol–water partition coefficient (Wildman–Crippen LogP) is 1.39. The number of imide groups is 1. The molecule has 0 N–H and O–H groups in total. The molecular weight excluding hydrogens is 318 g/mol. The lowest BCUT2D eigenvalue weighted by Gasteiger charge is -2.35. The maximum absolute atomic E-state index is 12.4. The van der Waals surface area contributed by atoms with Gasteiger partial charge < -0.3 is 9.64 Å². The molecule has 0 bridgehead atoms. The Bertz CT molecular complexity index is 610. The molecule has 0 spiro atoms. The number of nitrogens with zero attached hydrogens (tertiary/aromatic N) is 3. The Kier molecular flexibility index (Phi) is 4.51. The number of amides is 3. The van der Waals surface area contributed by atoms with E-state index >= 15 is 0 Å². The van der Waals surface area contributed by atoms with Crippen LogP contribution in [-0.4, -0.2) is 63.8 Å². The number of piperidine rings is 1. The summed E-state index contributed by atoms with van der Waals surface area (Å²) >= 11 is 1.05. The van der Waals surface area contributed by atoms with Gasteiger partial charge in [-0.05, 0) is 18.9 Å². The third kappa shape index (κ3) is 3.17. The highest BCUT2D eigenvalue weighted by molar-refractivity contribution is 8.14. The quantitative estimate of drug-likeness (QED) is 0.830. The van der Waals surface area contributed by atoms with Crippen molar-refractivity contribution in [3.63, 3.8) is 0 Å². The Balaban J connectivity index is 1.60. The minimum absolute atomic E-state index is 0.0907. The Morgan fingerprint density at radius 2 is 2.04 bits per heavy atom. The summed E-state index contributed by atoms with van der Waals surface area (Å²) in [4.78, 5) is 43.1. The van der Waals surface area contributed by atoms with Crippen LogP contribution in [0.1, 0.15) is 23.2 Å². The van der Waals surface area contributed by atoms with Crippen LogP contribution in [0.2, 0.25) is 0 Å². The van der Waals surface area contributed by atoms with E-state index in [1.165, 1.54) is 18.2 Å². The smallest absolute Gasteiger partial charge is 0.289 e. The first-order chi connectivity index (χ1) is 11.1. The van der Waals surface area contributed by atoms with E-state index in [0.29, 0.717) is 37.4 Å². The molecule has 8 heteroatoms. The summed E-state index contributed by atoms with van der Waals surface area (Å²) in [7, 11) is 1.52. The molecule has 23 heavy (non-hydrogen) atoms. The predicted molar refractivity (Wildman–Crippen MR) is 84.4 cm³/mol. The van der Waals surface area contributed by atoms with Gasteiger partial charge in [0, 0.05) is 31.4 Å². The Hall–Kier alpha value is -2.09. The van der Waals surface area contributed by atoms with E-state index in [4.69, 9.17) is 4.74 Å². The number of likely N-dealkylation sites (tertiary alicyclic amines) is 1. The summed E-state index contributed by atoms with van der Waals surface area (Å²) in [6.45, 7) is 1.05. The SMILES string of the molecule is COc1ccc(C(=O)N2CCC(N3C(=O)CSC3=O)CC2)cn1. The average molecular weight is 335 g/mol. The van der Waals surface area contributed by atoms with Crippen molar-refractivity contribution in [1.82, 2.24) is 14.8 Å². The second kappa shape index (κ2) is 6.57. The minimum Gasteiger partial charge on any atom is -0.481 e. The topological polar surface area (TPSA) is 79.8 Å². The molecule has 2 aliphatic rings. The normalized spacial score (nSPS) is 19.3. The summed E-state index contributed by atoms with van der Waals surface area (Å²) in [5.74, 6) is 0.482. The number of pyridine rings is 1. The van der Waals surface area contributed by atoms with E-state index in [1.54, 1.807) is 17.0 Å². The van der Waals surface area contributed by atoms with Crippen molar-refractivity contribution < 1.29 is 19.1 Å². The van der Waals surface area contributed by atoms with Gasteiger partial charge in [-0.15, -0.1) is 0 Å². The average Bonchev–Trinajstić information content (AvgIpc) is 2.93. The lowest BCUT2D eigenvalue weighted by atomic mass is 10.0. The van der Waals surface area contributed by atoms with Crippen LogP contribution in [0.25, 0.3) is 0 Å². The van der Waals surface area contributed by atoms with Gasteiger partial charge in [0.2, 0.25) is 11.8 Å². The van der Waals surface area contributed by atoms with Gasteiger partial charge in [-0.3, -0.25) is 19.3 Å². The molecule has 2 fully saturated rings. The van der Waals surface area contributed by atoms with Gasteiger partial charge in [0.1, 0.15) is 0 Å². The first-order valence-electron chi connectivity index (χ1n) is 7.38. The number of thioether (sulfide) groups is 1. The van der Waals surface area contributed by atoms with Gasteiger partial charge in [0.25, 0.3) is 11.1 Å². The number of hydrogen-bond donors (Lipinski definition) is 0. The summed E-state index contributed by atoms with van der Waals surface area (Å²) in [5, 5.41) is -0.167. The Labute approximate surface area is 138 Å². The molecule has 1 aromatic rings. The fraction of sp³-hybridized carbons (Fsp3) is 0.467. The summed E-state index contributed by atoms with van der Waals surface area (Å²) in [5.41, 5.74) is 0.508. The van der Waals surface area contributed by atoms with E-state index < -0.39 is 0 Å². The number of ether oxygens (including phenoxy) is 1. The van der Waals surface area contributed by atoms with Gasteiger partial charge in [-0.25, -0.2) is 4.98 Å².